The van der Waals surface area contributed by atoms with Crippen LogP contribution in [-0.2, 0) is 12.1 Å². The Bertz CT molecular complexity index is 1310. The van der Waals surface area contributed by atoms with E-state index >= 15 is 0 Å². The van der Waals surface area contributed by atoms with Crippen molar-refractivity contribution in [3.05, 3.63) is 78.5 Å². The first-order valence-electron chi connectivity index (χ1n) is 11.7. The summed E-state index contributed by atoms with van der Waals surface area (Å²) in [4.78, 5) is 5.99. The zero-order valence-electron chi connectivity index (χ0n) is 19.8. The number of nitrogens with zero attached hydrogens (tertiary/aromatic N) is 7. The predicted molar refractivity (Wildman–Crippen MR) is 127 cm³/mol. The third kappa shape index (κ3) is 5.12. The highest BCUT2D eigenvalue weighted by atomic mass is 19.1. The van der Waals surface area contributed by atoms with Crippen molar-refractivity contribution in [3.63, 3.8) is 0 Å². The van der Waals surface area contributed by atoms with Crippen molar-refractivity contribution >= 4 is 0 Å². The number of β-amino-alcohol motifs (C(OH)–C–C–N with tert-alkyl or cyclic N) is 1. The Morgan fingerprint density at radius 2 is 1.94 bits per heavy atom. The molecule has 3 heterocycles. The van der Waals surface area contributed by atoms with Gasteiger partial charge in [-0.05, 0) is 31.0 Å². The highest BCUT2D eigenvalue weighted by Gasteiger charge is 2.37. The standard InChI is InChI=1S/C25H27F2N7O2/c1-36-21-4-2-3-18(11-21)24-13-34(31-30-24)20-7-9-32(10-8-20)14-25(35,15-33-17-28-16-29-33)22-6-5-19(26)12-23(22)27/h2-6,11-13,16-17,20,35H,7-10,14-15H2,1H3. The maximum atomic E-state index is 14.7. The third-order valence-corrected chi connectivity index (χ3v) is 6.61. The molecule has 1 fully saturated rings. The Hall–Kier alpha value is -3.70. The molecular weight excluding hydrogens is 468 g/mol. The van der Waals surface area contributed by atoms with E-state index in [1.807, 2.05) is 35.1 Å². The molecule has 0 amide bonds. The molecule has 0 spiro atoms. The fraction of sp³-hybridized carbons (Fsp3) is 0.360. The number of hydrogen-bond acceptors (Lipinski definition) is 7. The van der Waals surface area contributed by atoms with E-state index in [0.29, 0.717) is 13.1 Å². The summed E-state index contributed by atoms with van der Waals surface area (Å²) in [5.41, 5.74) is 0.106. The zero-order chi connectivity index (χ0) is 25.1. The number of ether oxygens (including phenoxy) is 1. The van der Waals surface area contributed by atoms with Crippen molar-refractivity contribution < 1.29 is 18.6 Å². The van der Waals surface area contributed by atoms with Crippen molar-refractivity contribution in [3.8, 4) is 17.0 Å². The van der Waals surface area contributed by atoms with E-state index in [1.54, 1.807) is 7.11 Å². The molecule has 11 heteroatoms. The van der Waals surface area contributed by atoms with Crippen molar-refractivity contribution in [1.29, 1.82) is 0 Å². The highest BCUT2D eigenvalue weighted by molar-refractivity contribution is 5.59. The number of aromatic nitrogens is 6. The van der Waals surface area contributed by atoms with E-state index < -0.39 is 17.2 Å². The molecule has 1 N–H and O–H groups in total. The molecule has 0 saturated carbocycles. The van der Waals surface area contributed by atoms with Gasteiger partial charge in [0.15, 0.2) is 0 Å². The van der Waals surface area contributed by atoms with E-state index in [4.69, 9.17) is 4.74 Å². The minimum absolute atomic E-state index is 0.0115. The van der Waals surface area contributed by atoms with Crippen LogP contribution in [0.3, 0.4) is 0 Å². The zero-order valence-corrected chi connectivity index (χ0v) is 19.8. The number of piperidine rings is 1. The van der Waals surface area contributed by atoms with E-state index in [1.165, 1.54) is 23.4 Å². The monoisotopic (exact) mass is 495 g/mol. The van der Waals surface area contributed by atoms with Crippen molar-refractivity contribution in [2.75, 3.05) is 26.7 Å². The van der Waals surface area contributed by atoms with E-state index in [9.17, 15) is 13.9 Å². The molecule has 0 bridgehead atoms. The predicted octanol–water partition coefficient (Wildman–Crippen LogP) is 3.05. The van der Waals surface area contributed by atoms with Crippen molar-refractivity contribution in [1.82, 2.24) is 34.7 Å². The molecule has 1 saturated heterocycles. The fourth-order valence-electron chi connectivity index (χ4n) is 4.75. The van der Waals surface area contributed by atoms with Gasteiger partial charge in [0.25, 0.3) is 0 Å². The van der Waals surface area contributed by atoms with Crippen LogP contribution in [0.4, 0.5) is 8.78 Å². The highest BCUT2D eigenvalue weighted by Crippen LogP contribution is 2.31. The van der Waals surface area contributed by atoms with Gasteiger partial charge in [-0.25, -0.2) is 23.1 Å². The Morgan fingerprint density at radius 1 is 1.11 bits per heavy atom. The SMILES string of the molecule is COc1cccc(-c2cn(C3CCN(CC(O)(Cn4cncn4)c4ccc(F)cc4F)CC3)nn2)c1. The summed E-state index contributed by atoms with van der Waals surface area (Å²) >= 11 is 0. The van der Waals surface area contributed by atoms with Crippen LogP contribution in [0.2, 0.25) is 0 Å². The lowest BCUT2D eigenvalue weighted by atomic mass is 9.91. The Kier molecular flexibility index (Phi) is 6.75. The van der Waals surface area contributed by atoms with Crippen LogP contribution in [0.5, 0.6) is 5.75 Å². The first-order chi connectivity index (χ1) is 17.4. The first kappa shape index (κ1) is 24.0. The van der Waals surface area contributed by atoms with Crippen molar-refractivity contribution in [2.24, 2.45) is 0 Å². The molecule has 4 aromatic rings. The van der Waals surface area contributed by atoms with Gasteiger partial charge in [-0.1, -0.05) is 23.4 Å². The maximum Gasteiger partial charge on any atom is 0.137 e. The number of rotatable bonds is 8. The molecule has 2 aromatic heterocycles. The van der Waals surface area contributed by atoms with Crippen LogP contribution in [-0.4, -0.2) is 66.5 Å². The molecule has 1 unspecified atom stereocenters. The van der Waals surface area contributed by atoms with Crippen LogP contribution in [0, 0.1) is 11.6 Å². The molecule has 0 aliphatic carbocycles. The van der Waals surface area contributed by atoms with Gasteiger partial charge in [0.05, 0.1) is 25.9 Å². The lowest BCUT2D eigenvalue weighted by molar-refractivity contribution is -0.0285. The maximum absolute atomic E-state index is 14.7. The van der Waals surface area contributed by atoms with E-state index in [-0.39, 0.29) is 24.7 Å². The molecular formula is C25H27F2N7O2. The average Bonchev–Trinajstić information content (AvgIpc) is 3.57. The second-order valence-electron chi connectivity index (χ2n) is 9.07. The van der Waals surface area contributed by atoms with Crippen LogP contribution >= 0.6 is 0 Å². The van der Waals surface area contributed by atoms with E-state index in [0.717, 1.165) is 42.0 Å². The number of likely N-dealkylation sites (tertiary alicyclic amines) is 1. The van der Waals surface area contributed by atoms with Gasteiger partial charge < -0.3 is 9.84 Å². The van der Waals surface area contributed by atoms with Gasteiger partial charge in [-0.2, -0.15) is 5.10 Å². The molecule has 9 nitrogen and oxygen atoms in total. The van der Waals surface area contributed by atoms with Gasteiger partial charge >= 0.3 is 0 Å². The number of methoxy groups -OCH3 is 1. The Balaban J connectivity index is 1.28. The number of hydrogen-bond donors (Lipinski definition) is 1. The smallest absolute Gasteiger partial charge is 0.137 e. The van der Waals surface area contributed by atoms with E-state index in [2.05, 4.69) is 25.3 Å². The summed E-state index contributed by atoms with van der Waals surface area (Å²) in [5, 5.41) is 24.3. The molecule has 0 radical (unpaired) electrons. The summed E-state index contributed by atoms with van der Waals surface area (Å²) < 4.78 is 36.9. The molecule has 188 valence electrons. The summed E-state index contributed by atoms with van der Waals surface area (Å²) in [6.07, 6.45) is 6.32. The van der Waals surface area contributed by atoms with Crippen LogP contribution < -0.4 is 4.74 Å². The van der Waals surface area contributed by atoms with Gasteiger partial charge in [0, 0.05) is 36.8 Å². The number of halogens is 2. The minimum Gasteiger partial charge on any atom is -0.497 e. The van der Waals surface area contributed by atoms with Crippen LogP contribution in [0.1, 0.15) is 24.4 Å². The number of benzene rings is 2. The normalized spacial score (nSPS) is 16.7. The third-order valence-electron chi connectivity index (χ3n) is 6.61. The van der Waals surface area contributed by atoms with Gasteiger partial charge in [0.1, 0.15) is 41.3 Å². The van der Waals surface area contributed by atoms with Gasteiger partial charge in [-0.15, -0.1) is 5.10 Å². The van der Waals surface area contributed by atoms with Gasteiger partial charge in [-0.3, -0.25) is 4.90 Å². The molecule has 36 heavy (non-hydrogen) atoms. The lowest BCUT2D eigenvalue weighted by Crippen LogP contribution is -2.47. The van der Waals surface area contributed by atoms with Gasteiger partial charge in [0.2, 0.25) is 0 Å². The molecule has 2 aromatic carbocycles. The van der Waals surface area contributed by atoms with Crippen molar-refractivity contribution in [2.45, 2.75) is 31.0 Å². The van der Waals surface area contributed by atoms with Crippen LogP contribution in [0.15, 0.2) is 61.3 Å². The molecule has 5 rings (SSSR count). The second kappa shape index (κ2) is 10.1. The largest absolute Gasteiger partial charge is 0.497 e. The summed E-state index contributed by atoms with van der Waals surface area (Å²) in [7, 11) is 1.63. The first-order valence-corrected chi connectivity index (χ1v) is 11.7. The second-order valence-corrected chi connectivity index (χ2v) is 9.07. The average molecular weight is 496 g/mol. The summed E-state index contributed by atoms with van der Waals surface area (Å²) in [5.74, 6) is -0.729. The Labute approximate surface area is 207 Å². The summed E-state index contributed by atoms with van der Waals surface area (Å²) in [6, 6.07) is 11.1. The lowest BCUT2D eigenvalue weighted by Gasteiger charge is -2.38. The minimum atomic E-state index is -1.62. The topological polar surface area (TPSA) is 94.1 Å². The molecule has 1 atom stereocenters. The number of aliphatic hydroxyl groups is 1. The summed E-state index contributed by atoms with van der Waals surface area (Å²) in [6.45, 7) is 1.49. The molecule has 1 aliphatic rings. The fourth-order valence-corrected chi connectivity index (χ4v) is 4.75. The quantitative estimate of drug-likeness (QED) is 0.402. The molecule has 1 aliphatic heterocycles. The Morgan fingerprint density at radius 3 is 2.67 bits per heavy atom. The van der Waals surface area contributed by atoms with Crippen LogP contribution in [0.25, 0.3) is 11.3 Å².